The number of ether oxygens (including phenoxy) is 1. The molecule has 0 unspecified atom stereocenters. The molecule has 122 valence electrons. The topological polar surface area (TPSA) is 41.6 Å². The highest BCUT2D eigenvalue weighted by molar-refractivity contribution is 5.68. The Labute approximate surface area is 129 Å². The first kappa shape index (κ1) is 16.6. The van der Waals surface area contributed by atoms with Crippen LogP contribution in [0.5, 0.6) is 0 Å². The van der Waals surface area contributed by atoms with Crippen molar-refractivity contribution in [3.05, 3.63) is 0 Å². The van der Waals surface area contributed by atoms with Gasteiger partial charge in [-0.2, -0.15) is 0 Å². The van der Waals surface area contributed by atoms with Crippen molar-refractivity contribution in [2.45, 2.75) is 77.4 Å². The van der Waals surface area contributed by atoms with Gasteiger partial charge in [-0.1, -0.05) is 32.1 Å². The molecule has 0 aromatic heterocycles. The maximum Gasteiger partial charge on any atom is 0.410 e. The molecule has 1 N–H and O–H groups in total. The molecule has 0 bridgehead atoms. The Morgan fingerprint density at radius 3 is 2.57 bits per heavy atom. The van der Waals surface area contributed by atoms with E-state index in [1.807, 2.05) is 25.7 Å². The zero-order valence-corrected chi connectivity index (χ0v) is 14.0. The minimum atomic E-state index is -0.407. The van der Waals surface area contributed by atoms with Gasteiger partial charge in [0.1, 0.15) is 5.60 Å². The molecule has 2 rings (SSSR count). The molecule has 1 aliphatic carbocycles. The van der Waals surface area contributed by atoms with Crippen LogP contribution in [0.15, 0.2) is 0 Å². The molecule has 1 saturated carbocycles. The SMILES string of the molecule is CC(C)(C)OC(=O)N1CCCN[C@@H](CC2CCCCC2)C1. The second-order valence-corrected chi connectivity index (χ2v) is 7.67. The molecule has 1 heterocycles. The smallest absolute Gasteiger partial charge is 0.410 e. The normalized spacial score (nSPS) is 25.5. The molecule has 4 nitrogen and oxygen atoms in total. The number of hydrogen-bond donors (Lipinski definition) is 1. The molecule has 1 atom stereocenters. The Balaban J connectivity index is 1.86. The fraction of sp³-hybridized carbons (Fsp3) is 0.941. The molecule has 1 amide bonds. The Bertz CT molecular complexity index is 332. The summed E-state index contributed by atoms with van der Waals surface area (Å²) in [7, 11) is 0. The third kappa shape index (κ3) is 5.85. The predicted octanol–water partition coefficient (Wildman–Crippen LogP) is 3.56. The van der Waals surface area contributed by atoms with Gasteiger partial charge in [0.05, 0.1) is 0 Å². The summed E-state index contributed by atoms with van der Waals surface area (Å²) < 4.78 is 5.53. The Morgan fingerprint density at radius 1 is 1.19 bits per heavy atom. The van der Waals surface area contributed by atoms with Gasteiger partial charge in [0.25, 0.3) is 0 Å². The van der Waals surface area contributed by atoms with Crippen molar-refractivity contribution in [1.82, 2.24) is 10.2 Å². The zero-order valence-electron chi connectivity index (χ0n) is 14.0. The molecule has 0 aromatic carbocycles. The van der Waals surface area contributed by atoms with Gasteiger partial charge in [0.15, 0.2) is 0 Å². The van der Waals surface area contributed by atoms with Gasteiger partial charge < -0.3 is 15.0 Å². The highest BCUT2D eigenvalue weighted by Crippen LogP contribution is 2.28. The highest BCUT2D eigenvalue weighted by Gasteiger charge is 2.27. The molecule has 0 aromatic rings. The summed E-state index contributed by atoms with van der Waals surface area (Å²) >= 11 is 0. The number of nitrogens with one attached hydrogen (secondary N) is 1. The van der Waals surface area contributed by atoms with Crippen molar-refractivity contribution < 1.29 is 9.53 Å². The lowest BCUT2D eigenvalue weighted by Gasteiger charge is -2.30. The number of carbonyl (C=O) groups excluding carboxylic acids is 1. The summed E-state index contributed by atoms with van der Waals surface area (Å²) in [6, 6.07) is 0.433. The van der Waals surface area contributed by atoms with Gasteiger partial charge in [-0.25, -0.2) is 4.79 Å². The Morgan fingerprint density at radius 2 is 1.90 bits per heavy atom. The van der Waals surface area contributed by atoms with Crippen LogP contribution >= 0.6 is 0 Å². The maximum absolute atomic E-state index is 12.3. The lowest BCUT2D eigenvalue weighted by molar-refractivity contribution is 0.0242. The molecule has 0 radical (unpaired) electrons. The largest absolute Gasteiger partial charge is 0.444 e. The average molecular weight is 296 g/mol. The van der Waals surface area contributed by atoms with Crippen LogP contribution in [0, 0.1) is 5.92 Å². The quantitative estimate of drug-likeness (QED) is 0.847. The van der Waals surface area contributed by atoms with Gasteiger partial charge in [0, 0.05) is 19.1 Å². The lowest BCUT2D eigenvalue weighted by Crippen LogP contribution is -2.43. The van der Waals surface area contributed by atoms with Crippen LogP contribution in [0.1, 0.15) is 65.7 Å². The Kier molecular flexibility index (Phi) is 5.91. The summed E-state index contributed by atoms with van der Waals surface area (Å²) in [6.45, 7) is 8.41. The Hall–Kier alpha value is -0.770. The van der Waals surface area contributed by atoms with Crippen LogP contribution in [-0.2, 0) is 4.74 Å². The lowest BCUT2D eigenvalue weighted by atomic mass is 9.85. The summed E-state index contributed by atoms with van der Waals surface area (Å²) in [6.07, 6.45) is 8.97. The monoisotopic (exact) mass is 296 g/mol. The molecule has 4 heteroatoms. The van der Waals surface area contributed by atoms with Crippen molar-refractivity contribution in [2.24, 2.45) is 5.92 Å². The van der Waals surface area contributed by atoms with Gasteiger partial charge >= 0.3 is 6.09 Å². The van der Waals surface area contributed by atoms with Gasteiger partial charge in [-0.05, 0) is 46.1 Å². The van der Waals surface area contributed by atoms with Crippen molar-refractivity contribution in [3.63, 3.8) is 0 Å². The van der Waals surface area contributed by atoms with E-state index < -0.39 is 5.60 Å². The van der Waals surface area contributed by atoms with E-state index in [1.165, 1.54) is 38.5 Å². The molecule has 2 fully saturated rings. The van der Waals surface area contributed by atoms with E-state index >= 15 is 0 Å². The number of carbonyl (C=O) groups is 1. The third-order valence-electron chi connectivity index (χ3n) is 4.47. The number of rotatable bonds is 2. The molecular formula is C17H32N2O2. The fourth-order valence-electron chi connectivity index (χ4n) is 3.47. The van der Waals surface area contributed by atoms with E-state index in [1.54, 1.807) is 0 Å². The van der Waals surface area contributed by atoms with E-state index in [2.05, 4.69) is 5.32 Å². The summed E-state index contributed by atoms with van der Waals surface area (Å²) in [5, 5.41) is 3.63. The molecule has 21 heavy (non-hydrogen) atoms. The molecule has 1 saturated heterocycles. The minimum Gasteiger partial charge on any atom is -0.444 e. The number of nitrogens with zero attached hydrogens (tertiary/aromatic N) is 1. The minimum absolute atomic E-state index is 0.153. The first-order valence-corrected chi connectivity index (χ1v) is 8.65. The zero-order chi connectivity index (χ0) is 15.3. The third-order valence-corrected chi connectivity index (χ3v) is 4.47. The second kappa shape index (κ2) is 7.48. The summed E-state index contributed by atoms with van der Waals surface area (Å²) in [4.78, 5) is 14.2. The van der Waals surface area contributed by atoms with E-state index in [-0.39, 0.29) is 6.09 Å². The molecule has 2 aliphatic rings. The van der Waals surface area contributed by atoms with Crippen LogP contribution in [0.25, 0.3) is 0 Å². The van der Waals surface area contributed by atoms with Crippen LogP contribution in [-0.4, -0.2) is 42.3 Å². The number of hydrogen-bond acceptors (Lipinski definition) is 3. The van der Waals surface area contributed by atoms with Crippen molar-refractivity contribution in [3.8, 4) is 0 Å². The van der Waals surface area contributed by atoms with E-state index in [4.69, 9.17) is 4.74 Å². The standard InChI is InChI=1S/C17H32N2O2/c1-17(2,3)21-16(20)19-11-7-10-18-15(13-19)12-14-8-5-4-6-9-14/h14-15,18H,4-13H2,1-3H3/t15-/m0/s1. The van der Waals surface area contributed by atoms with Crippen LogP contribution in [0.4, 0.5) is 4.79 Å². The molecule has 0 spiro atoms. The second-order valence-electron chi connectivity index (χ2n) is 7.67. The molecular weight excluding hydrogens is 264 g/mol. The van der Waals surface area contributed by atoms with Gasteiger partial charge in [-0.3, -0.25) is 0 Å². The van der Waals surface area contributed by atoms with Crippen LogP contribution < -0.4 is 5.32 Å². The van der Waals surface area contributed by atoms with E-state index in [0.29, 0.717) is 6.04 Å². The maximum atomic E-state index is 12.3. The highest BCUT2D eigenvalue weighted by atomic mass is 16.6. The van der Waals surface area contributed by atoms with E-state index in [9.17, 15) is 4.79 Å². The average Bonchev–Trinajstić information content (AvgIpc) is 2.64. The fourth-order valence-corrected chi connectivity index (χ4v) is 3.47. The van der Waals surface area contributed by atoms with Crippen molar-refractivity contribution in [2.75, 3.05) is 19.6 Å². The van der Waals surface area contributed by atoms with Crippen LogP contribution in [0.3, 0.4) is 0 Å². The predicted molar refractivity (Wildman–Crippen MR) is 85.4 cm³/mol. The summed E-state index contributed by atoms with van der Waals surface area (Å²) in [5.74, 6) is 0.842. The molecule has 1 aliphatic heterocycles. The van der Waals surface area contributed by atoms with Gasteiger partial charge in [-0.15, -0.1) is 0 Å². The summed E-state index contributed by atoms with van der Waals surface area (Å²) in [5.41, 5.74) is -0.407. The first-order valence-electron chi connectivity index (χ1n) is 8.65. The van der Waals surface area contributed by atoms with Crippen LogP contribution in [0.2, 0.25) is 0 Å². The van der Waals surface area contributed by atoms with Crippen molar-refractivity contribution in [1.29, 1.82) is 0 Å². The number of amides is 1. The van der Waals surface area contributed by atoms with Crippen molar-refractivity contribution >= 4 is 6.09 Å². The van der Waals surface area contributed by atoms with E-state index in [0.717, 1.165) is 32.0 Å². The van der Waals surface area contributed by atoms with Gasteiger partial charge in [0.2, 0.25) is 0 Å². The first-order chi connectivity index (χ1) is 9.94.